The van der Waals surface area contributed by atoms with Gasteiger partial charge in [-0.05, 0) is 52.9 Å². The summed E-state index contributed by atoms with van der Waals surface area (Å²) in [7, 11) is 2.01. The number of nitrogens with one attached hydrogen (secondary N) is 2. The predicted molar refractivity (Wildman–Crippen MR) is 61.8 cm³/mol. The summed E-state index contributed by atoms with van der Waals surface area (Å²) < 4.78 is 0. The maximum Gasteiger partial charge on any atom is 0.234 e. The minimum atomic E-state index is 0.124. The molecule has 15 heavy (non-hydrogen) atoms. The van der Waals surface area contributed by atoms with Crippen LogP contribution in [-0.2, 0) is 4.79 Å². The molecule has 1 amide bonds. The molecule has 0 aromatic rings. The van der Waals surface area contributed by atoms with E-state index in [1.54, 1.807) is 0 Å². The van der Waals surface area contributed by atoms with Crippen LogP contribution in [0, 0.1) is 5.92 Å². The van der Waals surface area contributed by atoms with Gasteiger partial charge in [-0.25, -0.2) is 0 Å². The first-order valence-electron chi connectivity index (χ1n) is 5.76. The van der Waals surface area contributed by atoms with Crippen LogP contribution < -0.4 is 10.6 Å². The van der Waals surface area contributed by atoms with Gasteiger partial charge in [0.2, 0.25) is 5.91 Å². The number of amides is 1. The van der Waals surface area contributed by atoms with Gasteiger partial charge in [-0.15, -0.1) is 0 Å². The third-order valence-corrected chi connectivity index (χ3v) is 2.65. The lowest BCUT2D eigenvalue weighted by Gasteiger charge is -2.28. The Kier molecular flexibility index (Phi) is 5.05. The molecule has 0 unspecified atom stereocenters. The van der Waals surface area contributed by atoms with Gasteiger partial charge in [-0.3, -0.25) is 9.69 Å². The molecule has 0 radical (unpaired) electrons. The number of hydrogen-bond acceptors (Lipinski definition) is 3. The van der Waals surface area contributed by atoms with Crippen molar-refractivity contribution in [2.45, 2.75) is 26.3 Å². The topological polar surface area (TPSA) is 44.4 Å². The molecular formula is C11H23N3O. The Bertz CT molecular complexity index is 202. The smallest absolute Gasteiger partial charge is 0.234 e. The number of carbonyl (C=O) groups excluding carboxylic acids is 1. The molecular weight excluding hydrogens is 190 g/mol. The summed E-state index contributed by atoms with van der Waals surface area (Å²) in [5, 5.41) is 6.15. The normalized spacial score (nSPS) is 16.9. The highest BCUT2D eigenvalue weighted by Crippen LogP contribution is 2.08. The Balaban J connectivity index is 2.05. The summed E-state index contributed by atoms with van der Waals surface area (Å²) in [6, 6.07) is 0.238. The van der Waals surface area contributed by atoms with Crippen LogP contribution >= 0.6 is 0 Å². The van der Waals surface area contributed by atoms with E-state index in [-0.39, 0.29) is 11.9 Å². The molecule has 1 heterocycles. The van der Waals surface area contributed by atoms with Gasteiger partial charge < -0.3 is 10.6 Å². The Morgan fingerprint density at radius 3 is 2.67 bits per heavy atom. The third kappa shape index (κ3) is 5.14. The zero-order valence-electron chi connectivity index (χ0n) is 10.0. The Morgan fingerprint density at radius 1 is 1.53 bits per heavy atom. The molecule has 0 atom stereocenters. The molecule has 0 aromatic carbocycles. The number of rotatable bonds is 6. The molecule has 1 aliphatic rings. The molecule has 1 fully saturated rings. The lowest BCUT2D eigenvalue weighted by molar-refractivity contribution is -0.122. The van der Waals surface area contributed by atoms with E-state index in [9.17, 15) is 4.79 Å². The van der Waals surface area contributed by atoms with Crippen LogP contribution in [0.15, 0.2) is 0 Å². The molecule has 2 N–H and O–H groups in total. The monoisotopic (exact) mass is 213 g/mol. The molecule has 1 rings (SSSR count). The Morgan fingerprint density at radius 2 is 2.20 bits per heavy atom. The second kappa shape index (κ2) is 6.08. The Labute approximate surface area is 92.4 Å². The second-order valence-electron chi connectivity index (χ2n) is 4.77. The van der Waals surface area contributed by atoms with Crippen LogP contribution in [0.5, 0.6) is 0 Å². The van der Waals surface area contributed by atoms with E-state index in [0.29, 0.717) is 6.54 Å². The number of carbonyl (C=O) groups is 1. The molecule has 1 saturated heterocycles. The molecule has 4 nitrogen and oxygen atoms in total. The van der Waals surface area contributed by atoms with Gasteiger partial charge in [0.15, 0.2) is 0 Å². The van der Waals surface area contributed by atoms with Gasteiger partial charge in [-0.2, -0.15) is 0 Å². The number of likely N-dealkylation sites (N-methyl/N-ethyl adjacent to an activating group) is 1. The van der Waals surface area contributed by atoms with Gasteiger partial charge in [0.1, 0.15) is 0 Å². The highest BCUT2D eigenvalue weighted by atomic mass is 16.2. The van der Waals surface area contributed by atoms with E-state index in [0.717, 1.165) is 25.6 Å². The zero-order valence-corrected chi connectivity index (χ0v) is 10.0. The number of hydrogen-bond donors (Lipinski definition) is 2. The van der Waals surface area contributed by atoms with Crippen molar-refractivity contribution in [2.24, 2.45) is 5.92 Å². The van der Waals surface area contributed by atoms with E-state index in [1.165, 1.54) is 6.42 Å². The lowest BCUT2D eigenvalue weighted by Crippen LogP contribution is -2.44. The zero-order chi connectivity index (χ0) is 11.3. The first-order chi connectivity index (χ1) is 7.08. The summed E-state index contributed by atoms with van der Waals surface area (Å²) in [6.07, 6.45) is 1.19. The maximum absolute atomic E-state index is 11.4. The van der Waals surface area contributed by atoms with E-state index >= 15 is 0 Å². The average molecular weight is 213 g/mol. The first kappa shape index (κ1) is 12.5. The first-order valence-corrected chi connectivity index (χ1v) is 5.76. The molecule has 0 bridgehead atoms. The fourth-order valence-corrected chi connectivity index (χ4v) is 1.65. The van der Waals surface area contributed by atoms with Crippen molar-refractivity contribution in [3.05, 3.63) is 0 Å². The van der Waals surface area contributed by atoms with E-state index < -0.39 is 0 Å². The van der Waals surface area contributed by atoms with Gasteiger partial charge in [0.25, 0.3) is 0 Å². The number of nitrogens with zero attached hydrogens (tertiary/aromatic N) is 1. The van der Waals surface area contributed by atoms with Crippen molar-refractivity contribution in [1.82, 2.24) is 15.5 Å². The van der Waals surface area contributed by atoms with E-state index in [2.05, 4.69) is 15.5 Å². The van der Waals surface area contributed by atoms with Gasteiger partial charge >= 0.3 is 0 Å². The molecule has 4 heteroatoms. The van der Waals surface area contributed by atoms with Crippen LogP contribution in [0.3, 0.4) is 0 Å². The predicted octanol–water partition coefficient (Wildman–Crippen LogP) is 0.0523. The van der Waals surface area contributed by atoms with Crippen molar-refractivity contribution in [3.63, 3.8) is 0 Å². The van der Waals surface area contributed by atoms with Crippen molar-refractivity contribution in [2.75, 3.05) is 33.2 Å². The summed E-state index contributed by atoms with van der Waals surface area (Å²) in [5.41, 5.74) is 0. The maximum atomic E-state index is 11.4. The Hall–Kier alpha value is -0.610. The van der Waals surface area contributed by atoms with Crippen LogP contribution in [0.2, 0.25) is 0 Å². The minimum absolute atomic E-state index is 0.124. The third-order valence-electron chi connectivity index (χ3n) is 2.65. The fraction of sp³-hybridized carbons (Fsp3) is 0.909. The van der Waals surface area contributed by atoms with Crippen LogP contribution in [0.1, 0.15) is 20.3 Å². The van der Waals surface area contributed by atoms with Crippen LogP contribution in [-0.4, -0.2) is 50.1 Å². The molecule has 0 saturated carbocycles. The highest BCUT2D eigenvalue weighted by molar-refractivity contribution is 5.78. The SMILES string of the molecule is CC(C)NC(=O)CN(C)CCC1CNC1. The second-order valence-corrected chi connectivity index (χ2v) is 4.77. The molecule has 0 aromatic heterocycles. The minimum Gasteiger partial charge on any atom is -0.353 e. The lowest BCUT2D eigenvalue weighted by atomic mass is 9.99. The molecule has 1 aliphatic heterocycles. The van der Waals surface area contributed by atoms with Gasteiger partial charge in [0, 0.05) is 6.04 Å². The van der Waals surface area contributed by atoms with Gasteiger partial charge in [0.05, 0.1) is 6.54 Å². The largest absolute Gasteiger partial charge is 0.353 e. The molecule has 88 valence electrons. The standard InChI is InChI=1S/C11H23N3O/c1-9(2)13-11(15)8-14(3)5-4-10-6-12-7-10/h9-10,12H,4-8H2,1-3H3,(H,13,15). The highest BCUT2D eigenvalue weighted by Gasteiger charge is 2.17. The van der Waals surface area contributed by atoms with Crippen molar-refractivity contribution >= 4 is 5.91 Å². The molecule has 0 aliphatic carbocycles. The average Bonchev–Trinajstić information content (AvgIpc) is 1.98. The van der Waals surface area contributed by atoms with Crippen molar-refractivity contribution in [3.8, 4) is 0 Å². The summed E-state index contributed by atoms with van der Waals surface area (Å²) in [4.78, 5) is 13.5. The van der Waals surface area contributed by atoms with Gasteiger partial charge in [-0.1, -0.05) is 0 Å². The van der Waals surface area contributed by atoms with Crippen molar-refractivity contribution in [1.29, 1.82) is 0 Å². The van der Waals surface area contributed by atoms with Crippen molar-refractivity contribution < 1.29 is 4.79 Å². The summed E-state index contributed by atoms with van der Waals surface area (Å²) >= 11 is 0. The van der Waals surface area contributed by atoms with Crippen LogP contribution in [0.4, 0.5) is 0 Å². The van der Waals surface area contributed by atoms with E-state index in [4.69, 9.17) is 0 Å². The fourth-order valence-electron chi connectivity index (χ4n) is 1.65. The quantitative estimate of drug-likeness (QED) is 0.655. The molecule has 0 spiro atoms. The summed E-state index contributed by atoms with van der Waals surface area (Å²) in [6.45, 7) is 7.78. The summed E-state index contributed by atoms with van der Waals surface area (Å²) in [5.74, 6) is 0.944. The van der Waals surface area contributed by atoms with Crippen LogP contribution in [0.25, 0.3) is 0 Å². The van der Waals surface area contributed by atoms with E-state index in [1.807, 2.05) is 20.9 Å².